The lowest BCUT2D eigenvalue weighted by molar-refractivity contribution is -0.119. The molecule has 7 heteroatoms. The molecule has 0 saturated heterocycles. The van der Waals surface area contributed by atoms with Crippen molar-refractivity contribution in [3.05, 3.63) is 81.0 Å². The highest BCUT2D eigenvalue weighted by Gasteiger charge is 2.43. The van der Waals surface area contributed by atoms with Crippen molar-refractivity contribution in [3.8, 4) is 5.75 Å². The molecule has 5 nitrogen and oxygen atoms in total. The number of amides is 2. The Balaban J connectivity index is 1.75. The third-order valence-electron chi connectivity index (χ3n) is 5.12. The van der Waals surface area contributed by atoms with E-state index in [0.29, 0.717) is 22.0 Å². The first kappa shape index (κ1) is 19.5. The van der Waals surface area contributed by atoms with Gasteiger partial charge in [0.05, 0.1) is 24.1 Å². The van der Waals surface area contributed by atoms with Crippen LogP contribution in [-0.4, -0.2) is 30.9 Å². The van der Waals surface area contributed by atoms with E-state index in [4.69, 9.17) is 16.3 Å². The van der Waals surface area contributed by atoms with Gasteiger partial charge in [-0.1, -0.05) is 35.9 Å². The van der Waals surface area contributed by atoms with Gasteiger partial charge in [-0.3, -0.25) is 9.59 Å². The van der Waals surface area contributed by atoms with Crippen LogP contribution in [0.5, 0.6) is 5.75 Å². The van der Waals surface area contributed by atoms with Crippen LogP contribution in [0.15, 0.2) is 60.0 Å². The van der Waals surface area contributed by atoms with Gasteiger partial charge in [-0.25, -0.2) is 0 Å². The van der Waals surface area contributed by atoms with Crippen molar-refractivity contribution in [1.82, 2.24) is 4.90 Å². The summed E-state index contributed by atoms with van der Waals surface area (Å²) in [6, 6.07) is 15.9. The number of ether oxygens (including phenoxy) is 1. The molecule has 0 radical (unpaired) electrons. The first-order valence-electron chi connectivity index (χ1n) is 9.05. The summed E-state index contributed by atoms with van der Waals surface area (Å²) >= 11 is 7.74. The average Bonchev–Trinajstić information content (AvgIpc) is 3.25. The van der Waals surface area contributed by atoms with E-state index in [1.807, 2.05) is 35.7 Å². The number of carbonyl (C=O) groups is 2. The quantitative estimate of drug-likeness (QED) is 0.641. The number of hydrogen-bond acceptors (Lipinski definition) is 4. The zero-order chi connectivity index (χ0) is 20.5. The summed E-state index contributed by atoms with van der Waals surface area (Å²) in [5, 5.41) is 5.32. The zero-order valence-corrected chi connectivity index (χ0v) is 17.5. The van der Waals surface area contributed by atoms with E-state index in [-0.39, 0.29) is 17.9 Å². The average molecular weight is 427 g/mol. The molecule has 1 aliphatic rings. The standard InChI is InChI=1S/C22H19ClN2O3S/c1-25-20(18-8-5-11-29-18)19(14-6-3-4-7-15(14)22(25)27)21(26)24-13-9-10-17(28-2)16(23)12-13/h3-12,19-20H,1-2H3,(H,24,26)/t19-,20+/m0/s1. The molecule has 0 saturated carbocycles. The van der Waals surface area contributed by atoms with Crippen LogP contribution in [0.1, 0.15) is 32.8 Å². The Morgan fingerprint density at radius 3 is 2.66 bits per heavy atom. The summed E-state index contributed by atoms with van der Waals surface area (Å²) in [5.74, 6) is -0.296. The third-order valence-corrected chi connectivity index (χ3v) is 6.35. The number of nitrogens with one attached hydrogen (secondary N) is 1. The van der Waals surface area contributed by atoms with Gasteiger partial charge in [-0.15, -0.1) is 11.3 Å². The smallest absolute Gasteiger partial charge is 0.254 e. The number of halogens is 1. The van der Waals surface area contributed by atoms with E-state index in [1.165, 1.54) is 18.4 Å². The molecule has 2 atom stereocenters. The second-order valence-electron chi connectivity index (χ2n) is 6.78. The van der Waals surface area contributed by atoms with Crippen molar-refractivity contribution in [2.24, 2.45) is 0 Å². The molecule has 1 aliphatic heterocycles. The molecule has 2 heterocycles. The highest BCUT2D eigenvalue weighted by molar-refractivity contribution is 7.10. The molecular weight excluding hydrogens is 408 g/mol. The Labute approximate surface area is 177 Å². The van der Waals surface area contributed by atoms with Crippen molar-refractivity contribution in [3.63, 3.8) is 0 Å². The Kier molecular flexibility index (Phi) is 5.30. The number of carbonyl (C=O) groups excluding carboxylic acids is 2. The molecule has 0 aliphatic carbocycles. The molecule has 3 aromatic rings. The van der Waals surface area contributed by atoms with Crippen LogP contribution in [0.25, 0.3) is 0 Å². The van der Waals surface area contributed by atoms with Crippen molar-refractivity contribution < 1.29 is 14.3 Å². The van der Waals surface area contributed by atoms with Gasteiger partial charge >= 0.3 is 0 Å². The lowest BCUT2D eigenvalue weighted by atomic mass is 9.81. The second kappa shape index (κ2) is 7.89. The fraction of sp³-hybridized carbons (Fsp3) is 0.182. The molecule has 0 spiro atoms. The summed E-state index contributed by atoms with van der Waals surface area (Å²) in [6.07, 6.45) is 0. The lowest BCUT2D eigenvalue weighted by Gasteiger charge is -2.39. The molecule has 2 aromatic carbocycles. The number of benzene rings is 2. The van der Waals surface area contributed by atoms with Crippen LogP contribution in [0.2, 0.25) is 5.02 Å². The van der Waals surface area contributed by atoms with Gasteiger partial charge in [-0.05, 0) is 41.3 Å². The monoisotopic (exact) mass is 426 g/mol. The largest absolute Gasteiger partial charge is 0.495 e. The Hall–Kier alpha value is -2.83. The van der Waals surface area contributed by atoms with Crippen molar-refractivity contribution in [2.45, 2.75) is 12.0 Å². The summed E-state index contributed by atoms with van der Waals surface area (Å²) < 4.78 is 5.17. The Bertz CT molecular complexity index is 1070. The fourth-order valence-corrected chi connectivity index (χ4v) is 4.90. The summed E-state index contributed by atoms with van der Waals surface area (Å²) in [6.45, 7) is 0. The van der Waals surface area contributed by atoms with E-state index < -0.39 is 5.92 Å². The van der Waals surface area contributed by atoms with Crippen molar-refractivity contribution >= 4 is 40.4 Å². The van der Waals surface area contributed by atoms with Crippen LogP contribution in [0.4, 0.5) is 5.69 Å². The van der Waals surface area contributed by atoms with Crippen LogP contribution >= 0.6 is 22.9 Å². The van der Waals surface area contributed by atoms with E-state index in [2.05, 4.69) is 5.32 Å². The van der Waals surface area contributed by atoms with Gasteiger partial charge in [0.1, 0.15) is 5.75 Å². The number of likely N-dealkylation sites (N-methyl/N-ethyl adjacent to an activating group) is 1. The van der Waals surface area contributed by atoms with Gasteiger partial charge in [0.25, 0.3) is 5.91 Å². The normalized spacial score (nSPS) is 18.3. The first-order valence-corrected chi connectivity index (χ1v) is 10.3. The predicted molar refractivity (Wildman–Crippen MR) is 115 cm³/mol. The van der Waals surface area contributed by atoms with Gasteiger partial charge < -0.3 is 15.0 Å². The highest BCUT2D eigenvalue weighted by atomic mass is 35.5. The van der Waals surface area contributed by atoms with Crippen LogP contribution in [0, 0.1) is 0 Å². The summed E-state index contributed by atoms with van der Waals surface area (Å²) in [5.41, 5.74) is 1.85. The SMILES string of the molecule is COc1ccc(NC(=O)[C@H]2c3ccccc3C(=O)N(C)[C@@H]2c2cccs2)cc1Cl. The molecule has 1 N–H and O–H groups in total. The number of anilines is 1. The molecular formula is C22H19ClN2O3S. The molecule has 0 unspecified atom stereocenters. The second-order valence-corrected chi connectivity index (χ2v) is 8.17. The summed E-state index contributed by atoms with van der Waals surface area (Å²) in [7, 11) is 3.28. The highest BCUT2D eigenvalue weighted by Crippen LogP contribution is 2.44. The maximum Gasteiger partial charge on any atom is 0.254 e. The lowest BCUT2D eigenvalue weighted by Crippen LogP contribution is -2.43. The Morgan fingerprint density at radius 2 is 1.97 bits per heavy atom. The van der Waals surface area contributed by atoms with Crippen LogP contribution in [0.3, 0.4) is 0 Å². The van der Waals surface area contributed by atoms with Crippen molar-refractivity contribution in [1.29, 1.82) is 0 Å². The van der Waals surface area contributed by atoms with Gasteiger partial charge in [0.2, 0.25) is 5.91 Å². The van der Waals surface area contributed by atoms with Gasteiger partial charge in [0, 0.05) is 23.2 Å². The molecule has 29 heavy (non-hydrogen) atoms. The summed E-state index contributed by atoms with van der Waals surface area (Å²) in [4.78, 5) is 29.0. The molecule has 0 fully saturated rings. The third kappa shape index (κ3) is 3.50. The molecule has 148 valence electrons. The number of hydrogen-bond donors (Lipinski definition) is 1. The number of nitrogens with zero attached hydrogens (tertiary/aromatic N) is 1. The molecule has 1 aromatic heterocycles. The first-order chi connectivity index (χ1) is 14.0. The molecule has 2 amide bonds. The van der Waals surface area contributed by atoms with Crippen molar-refractivity contribution in [2.75, 3.05) is 19.5 Å². The number of thiophene rings is 1. The van der Waals surface area contributed by atoms with Crippen LogP contribution in [-0.2, 0) is 4.79 Å². The number of fused-ring (bicyclic) bond motifs is 1. The van der Waals surface area contributed by atoms with E-state index in [9.17, 15) is 9.59 Å². The maximum absolute atomic E-state index is 13.4. The Morgan fingerprint density at radius 1 is 1.17 bits per heavy atom. The molecule has 0 bridgehead atoms. The fourth-order valence-electron chi connectivity index (χ4n) is 3.74. The predicted octanol–water partition coefficient (Wildman–Crippen LogP) is 4.96. The van der Waals surface area contributed by atoms with E-state index in [0.717, 1.165) is 10.4 Å². The van der Waals surface area contributed by atoms with Gasteiger partial charge in [-0.2, -0.15) is 0 Å². The van der Waals surface area contributed by atoms with Gasteiger partial charge in [0.15, 0.2) is 0 Å². The minimum atomic E-state index is -0.548. The molecule has 4 rings (SSSR count). The topological polar surface area (TPSA) is 58.6 Å². The maximum atomic E-state index is 13.4. The zero-order valence-electron chi connectivity index (χ0n) is 15.9. The van der Waals surface area contributed by atoms with E-state index >= 15 is 0 Å². The number of methoxy groups -OCH3 is 1. The van der Waals surface area contributed by atoms with E-state index in [1.54, 1.807) is 36.2 Å². The number of rotatable bonds is 4. The minimum Gasteiger partial charge on any atom is -0.495 e. The van der Waals surface area contributed by atoms with Crippen LogP contribution < -0.4 is 10.1 Å². The minimum absolute atomic E-state index is 0.0875.